The average Bonchev–Trinajstić information content (AvgIpc) is 2.26. The lowest BCUT2D eigenvalue weighted by atomic mass is 9.94. The molecule has 5 nitrogen and oxygen atoms in total. The summed E-state index contributed by atoms with van der Waals surface area (Å²) in [5.74, 6) is -0.561. The first-order valence-corrected chi connectivity index (χ1v) is 5.83. The predicted octanol–water partition coefficient (Wildman–Crippen LogP) is 0.309. The molecule has 2 N–H and O–H groups in total. The second-order valence-corrected chi connectivity index (χ2v) is 4.20. The minimum Gasteiger partial charge on any atom is -0.480 e. The van der Waals surface area contributed by atoms with E-state index in [1.807, 2.05) is 6.92 Å². The highest BCUT2D eigenvalue weighted by atomic mass is 16.4. The van der Waals surface area contributed by atoms with E-state index in [1.54, 1.807) is 0 Å². The Bertz CT molecular complexity index is 250. The monoisotopic (exact) mass is 228 g/mol. The van der Waals surface area contributed by atoms with Gasteiger partial charge in [-0.2, -0.15) is 0 Å². The number of nitrogens with zero attached hydrogens (tertiary/aromatic N) is 1. The molecule has 0 aromatic rings. The molecule has 0 saturated carbocycles. The molecule has 0 spiro atoms. The van der Waals surface area contributed by atoms with Crippen LogP contribution >= 0.6 is 0 Å². The van der Waals surface area contributed by atoms with Gasteiger partial charge in [0.25, 0.3) is 0 Å². The van der Waals surface area contributed by atoms with Crippen molar-refractivity contribution in [3.8, 4) is 0 Å². The topological polar surface area (TPSA) is 69.6 Å². The third-order valence-corrected chi connectivity index (χ3v) is 2.98. The fourth-order valence-electron chi connectivity index (χ4n) is 2.00. The van der Waals surface area contributed by atoms with Gasteiger partial charge in [0, 0.05) is 13.0 Å². The summed E-state index contributed by atoms with van der Waals surface area (Å²) in [5.41, 5.74) is 0. The zero-order chi connectivity index (χ0) is 12.0. The van der Waals surface area contributed by atoms with Crippen molar-refractivity contribution >= 4 is 11.9 Å². The quantitative estimate of drug-likeness (QED) is 0.710. The Kier molecular flexibility index (Phi) is 5.25. The second-order valence-electron chi connectivity index (χ2n) is 4.20. The molecule has 1 aliphatic heterocycles. The van der Waals surface area contributed by atoms with E-state index in [1.165, 1.54) is 4.90 Å². The average molecular weight is 228 g/mol. The Balaban J connectivity index is 2.38. The number of carboxylic acid groups (broad SMARTS) is 1. The van der Waals surface area contributed by atoms with Crippen LogP contribution in [0.1, 0.15) is 26.2 Å². The van der Waals surface area contributed by atoms with Crippen LogP contribution < -0.4 is 5.32 Å². The van der Waals surface area contributed by atoms with E-state index in [0.29, 0.717) is 18.9 Å². The summed E-state index contributed by atoms with van der Waals surface area (Å²) in [4.78, 5) is 23.8. The van der Waals surface area contributed by atoms with E-state index in [4.69, 9.17) is 5.11 Å². The lowest BCUT2D eigenvalue weighted by Gasteiger charge is -2.25. The SMILES string of the molecule is CCN(CC(=O)O)C(=O)CC1CCNCC1. The second kappa shape index (κ2) is 6.48. The molecule has 0 aromatic carbocycles. The molecule has 0 radical (unpaired) electrons. The van der Waals surface area contributed by atoms with Crippen molar-refractivity contribution in [2.75, 3.05) is 26.2 Å². The van der Waals surface area contributed by atoms with Gasteiger partial charge in [0.2, 0.25) is 5.91 Å². The number of hydrogen-bond acceptors (Lipinski definition) is 3. The number of nitrogens with one attached hydrogen (secondary N) is 1. The van der Waals surface area contributed by atoms with Crippen molar-refractivity contribution in [3.05, 3.63) is 0 Å². The molecule has 1 fully saturated rings. The largest absolute Gasteiger partial charge is 0.480 e. The number of carbonyl (C=O) groups excluding carboxylic acids is 1. The molecule has 0 unspecified atom stereocenters. The van der Waals surface area contributed by atoms with Crippen LogP contribution in [0, 0.1) is 5.92 Å². The van der Waals surface area contributed by atoms with Crippen LogP contribution in [0.5, 0.6) is 0 Å². The Morgan fingerprint density at radius 1 is 1.38 bits per heavy atom. The van der Waals surface area contributed by atoms with Crippen molar-refractivity contribution in [1.82, 2.24) is 10.2 Å². The maximum Gasteiger partial charge on any atom is 0.323 e. The Hall–Kier alpha value is -1.10. The van der Waals surface area contributed by atoms with Gasteiger partial charge in [-0.05, 0) is 38.8 Å². The van der Waals surface area contributed by atoms with Crippen molar-refractivity contribution in [3.63, 3.8) is 0 Å². The van der Waals surface area contributed by atoms with Crippen LogP contribution in [-0.2, 0) is 9.59 Å². The van der Waals surface area contributed by atoms with Gasteiger partial charge >= 0.3 is 5.97 Å². The van der Waals surface area contributed by atoms with Crippen LogP contribution in [0.15, 0.2) is 0 Å². The van der Waals surface area contributed by atoms with Crippen LogP contribution in [0.4, 0.5) is 0 Å². The summed E-state index contributed by atoms with van der Waals surface area (Å²) in [5, 5.41) is 11.9. The summed E-state index contributed by atoms with van der Waals surface area (Å²) < 4.78 is 0. The first kappa shape index (κ1) is 13.0. The van der Waals surface area contributed by atoms with E-state index < -0.39 is 5.97 Å². The molecule has 92 valence electrons. The van der Waals surface area contributed by atoms with Gasteiger partial charge in [-0.1, -0.05) is 0 Å². The molecule has 0 atom stereocenters. The third kappa shape index (κ3) is 4.18. The summed E-state index contributed by atoms with van der Waals surface area (Å²) in [6.45, 7) is 4.02. The molecular weight excluding hydrogens is 208 g/mol. The highest BCUT2D eigenvalue weighted by molar-refractivity contribution is 5.81. The maximum absolute atomic E-state index is 11.8. The number of likely N-dealkylation sites (N-methyl/N-ethyl adjacent to an activating group) is 1. The molecule has 1 rings (SSSR count). The minimum absolute atomic E-state index is 0.0307. The highest BCUT2D eigenvalue weighted by Gasteiger charge is 2.21. The van der Waals surface area contributed by atoms with Gasteiger partial charge in [0.15, 0.2) is 0 Å². The molecule has 5 heteroatoms. The summed E-state index contributed by atoms with van der Waals surface area (Å²) in [6.07, 6.45) is 2.51. The molecule has 0 aliphatic carbocycles. The van der Waals surface area contributed by atoms with Crippen molar-refractivity contribution < 1.29 is 14.7 Å². The van der Waals surface area contributed by atoms with E-state index in [2.05, 4.69) is 5.32 Å². The maximum atomic E-state index is 11.8. The van der Waals surface area contributed by atoms with Gasteiger partial charge < -0.3 is 15.3 Å². The van der Waals surface area contributed by atoms with Crippen LogP contribution in [0.3, 0.4) is 0 Å². The van der Waals surface area contributed by atoms with Crippen molar-refractivity contribution in [2.45, 2.75) is 26.2 Å². The molecule has 0 aromatic heterocycles. The molecule has 1 saturated heterocycles. The zero-order valence-corrected chi connectivity index (χ0v) is 9.74. The van der Waals surface area contributed by atoms with E-state index in [9.17, 15) is 9.59 Å². The van der Waals surface area contributed by atoms with Crippen LogP contribution in [-0.4, -0.2) is 48.1 Å². The molecule has 1 amide bonds. The lowest BCUT2D eigenvalue weighted by Crippen LogP contribution is -2.38. The molecule has 1 aliphatic rings. The van der Waals surface area contributed by atoms with E-state index >= 15 is 0 Å². The van der Waals surface area contributed by atoms with Gasteiger partial charge in [0.05, 0.1) is 0 Å². The van der Waals surface area contributed by atoms with Gasteiger partial charge in [-0.3, -0.25) is 9.59 Å². The number of aliphatic carboxylic acids is 1. The Morgan fingerprint density at radius 3 is 2.50 bits per heavy atom. The Morgan fingerprint density at radius 2 is 2.00 bits per heavy atom. The number of rotatable bonds is 5. The summed E-state index contributed by atoms with van der Waals surface area (Å²) in [7, 11) is 0. The Labute approximate surface area is 95.8 Å². The number of amides is 1. The van der Waals surface area contributed by atoms with E-state index in [-0.39, 0.29) is 12.5 Å². The number of hydrogen-bond donors (Lipinski definition) is 2. The normalized spacial score (nSPS) is 17.1. The third-order valence-electron chi connectivity index (χ3n) is 2.98. The van der Waals surface area contributed by atoms with Crippen molar-refractivity contribution in [1.29, 1.82) is 0 Å². The molecule has 1 heterocycles. The molecule has 16 heavy (non-hydrogen) atoms. The first-order valence-electron chi connectivity index (χ1n) is 5.83. The number of carbonyl (C=O) groups is 2. The highest BCUT2D eigenvalue weighted by Crippen LogP contribution is 2.17. The smallest absolute Gasteiger partial charge is 0.323 e. The molecule has 0 bridgehead atoms. The summed E-state index contributed by atoms with van der Waals surface area (Å²) in [6, 6.07) is 0. The van der Waals surface area contributed by atoms with Crippen LogP contribution in [0.2, 0.25) is 0 Å². The zero-order valence-electron chi connectivity index (χ0n) is 9.74. The standard InChI is InChI=1S/C11H20N2O3/c1-2-13(8-11(15)16)10(14)7-9-3-5-12-6-4-9/h9,12H,2-8H2,1H3,(H,15,16). The first-order chi connectivity index (χ1) is 7.63. The van der Waals surface area contributed by atoms with Crippen molar-refractivity contribution in [2.24, 2.45) is 5.92 Å². The predicted molar refractivity (Wildman–Crippen MR) is 60.1 cm³/mol. The lowest BCUT2D eigenvalue weighted by molar-refractivity contribution is -0.144. The fourth-order valence-corrected chi connectivity index (χ4v) is 2.00. The fraction of sp³-hybridized carbons (Fsp3) is 0.818. The van der Waals surface area contributed by atoms with Crippen LogP contribution in [0.25, 0.3) is 0 Å². The van der Waals surface area contributed by atoms with Gasteiger partial charge in [0.1, 0.15) is 6.54 Å². The van der Waals surface area contributed by atoms with Gasteiger partial charge in [-0.15, -0.1) is 0 Å². The van der Waals surface area contributed by atoms with Gasteiger partial charge in [-0.25, -0.2) is 0 Å². The number of piperidine rings is 1. The molecular formula is C11H20N2O3. The summed E-state index contributed by atoms with van der Waals surface area (Å²) >= 11 is 0. The minimum atomic E-state index is -0.944. The van der Waals surface area contributed by atoms with E-state index in [0.717, 1.165) is 25.9 Å². The number of carboxylic acids is 1.